The van der Waals surface area contributed by atoms with Crippen molar-refractivity contribution >= 4 is 31.5 Å². The topological polar surface area (TPSA) is 191 Å². The van der Waals surface area contributed by atoms with Crippen molar-refractivity contribution in [2.24, 2.45) is 0 Å². The second kappa shape index (κ2) is 13.1. The van der Waals surface area contributed by atoms with Crippen LogP contribution in [0.4, 0.5) is 0 Å². The largest absolute Gasteiger partial charge is 0.481 e. The molecule has 0 saturated carbocycles. The number of hydrogen-bond acceptors (Lipinski definition) is 8. The summed E-state index contributed by atoms with van der Waals surface area (Å²) in [6, 6.07) is 5.54. The third kappa shape index (κ3) is 8.36. The van der Waals surface area contributed by atoms with Gasteiger partial charge in [0.25, 0.3) is 0 Å². The Hall–Kier alpha value is -2.80. The lowest BCUT2D eigenvalue weighted by Gasteiger charge is -2.39. The highest BCUT2D eigenvalue weighted by Crippen LogP contribution is 2.27. The number of carbonyl (C=O) groups excluding carboxylic acids is 2. The van der Waals surface area contributed by atoms with Crippen LogP contribution < -0.4 is 5.32 Å². The number of aliphatic hydroxyl groups is 3. The zero-order valence-corrected chi connectivity index (χ0v) is 20.9. The highest BCUT2D eigenvalue weighted by atomic mass is 16.6. The van der Waals surface area contributed by atoms with Gasteiger partial charge in [-0.2, -0.15) is 0 Å². The minimum absolute atomic E-state index is 0.0104. The molecule has 1 aliphatic rings. The lowest BCUT2D eigenvalue weighted by Crippen LogP contribution is -2.60. The molecule has 2 radical (unpaired) electrons. The first-order valence-electron chi connectivity index (χ1n) is 12.1. The Bertz CT molecular complexity index is 998. The molecule has 6 atom stereocenters. The summed E-state index contributed by atoms with van der Waals surface area (Å²) in [4.78, 5) is 46.9. The normalized spacial score (nSPS) is 25.2. The van der Waals surface area contributed by atoms with Crippen molar-refractivity contribution in [1.29, 1.82) is 0 Å². The fraction of sp³-hybridized carbons (Fsp3) is 0.600. The number of rotatable bonds is 13. The molecule has 6 unspecified atom stereocenters. The van der Waals surface area contributed by atoms with Crippen LogP contribution in [-0.2, 0) is 43.2 Å². The molecule has 0 aliphatic carbocycles. The highest BCUT2D eigenvalue weighted by molar-refractivity contribution is 6.29. The van der Waals surface area contributed by atoms with Crippen molar-refractivity contribution in [2.45, 2.75) is 94.8 Å². The molecule has 1 aromatic rings. The zero-order chi connectivity index (χ0) is 27.9. The lowest BCUT2D eigenvalue weighted by atomic mass is 9.74. The number of amides is 1. The molecule has 1 heterocycles. The van der Waals surface area contributed by atoms with Crippen LogP contribution in [0, 0.1) is 0 Å². The molecule has 0 spiro atoms. The van der Waals surface area contributed by atoms with Crippen molar-refractivity contribution in [3.63, 3.8) is 0 Å². The minimum Gasteiger partial charge on any atom is -0.481 e. The number of hydrogen-bond donors (Lipinski definition) is 6. The van der Waals surface area contributed by atoms with Crippen LogP contribution in [-0.4, -0.2) is 93.0 Å². The second-order valence-electron chi connectivity index (χ2n) is 9.53. The van der Waals surface area contributed by atoms with E-state index in [-0.39, 0.29) is 25.7 Å². The summed E-state index contributed by atoms with van der Waals surface area (Å²) in [5, 5.41) is 50.8. The quantitative estimate of drug-likeness (QED) is 0.185. The first kappa shape index (κ1) is 30.4. The average Bonchev–Trinajstić information content (AvgIpc) is 2.82. The Balaban J connectivity index is 2.18. The van der Waals surface area contributed by atoms with Crippen molar-refractivity contribution in [3.8, 4) is 0 Å². The second-order valence-corrected chi connectivity index (χ2v) is 9.53. The van der Waals surface area contributed by atoms with Gasteiger partial charge in [-0.1, -0.05) is 31.5 Å². The van der Waals surface area contributed by atoms with Gasteiger partial charge in [-0.15, -0.1) is 0 Å². The minimum atomic E-state index is -1.79. The molecule has 12 heteroatoms. The van der Waals surface area contributed by atoms with E-state index >= 15 is 0 Å². The molecule has 1 aliphatic heterocycles. The highest BCUT2D eigenvalue weighted by Gasteiger charge is 2.46. The lowest BCUT2D eigenvalue weighted by molar-refractivity contribution is -0.227. The molecule has 1 fully saturated rings. The molecule has 202 valence electrons. The Labute approximate surface area is 216 Å². The van der Waals surface area contributed by atoms with E-state index in [0.717, 1.165) is 24.0 Å². The summed E-state index contributed by atoms with van der Waals surface area (Å²) in [5.74, 6) is -3.77. The number of ether oxygens (including phenoxy) is 1. The van der Waals surface area contributed by atoms with Gasteiger partial charge in [0.1, 0.15) is 31.9 Å². The van der Waals surface area contributed by atoms with Crippen molar-refractivity contribution in [1.82, 2.24) is 5.32 Å². The van der Waals surface area contributed by atoms with Gasteiger partial charge in [-0.3, -0.25) is 14.4 Å². The van der Waals surface area contributed by atoms with Crippen LogP contribution in [0.25, 0.3) is 0 Å². The van der Waals surface area contributed by atoms with Crippen LogP contribution in [0.1, 0.15) is 56.2 Å². The number of carbonyl (C=O) groups is 4. The average molecular weight is 519 g/mol. The van der Waals surface area contributed by atoms with Crippen LogP contribution in [0.5, 0.6) is 0 Å². The SMILES string of the molecule is [B]C(C)(NC(=O)CCC(=O)O)C(=O)CCc1cc(CCC)ccc1CC1OC(C(=O)O)C(O)C(O)C1O. The number of nitrogens with one attached hydrogen (secondary N) is 1. The van der Waals surface area contributed by atoms with E-state index in [4.69, 9.17) is 17.7 Å². The molecule has 1 amide bonds. The van der Waals surface area contributed by atoms with Crippen molar-refractivity contribution in [2.75, 3.05) is 0 Å². The summed E-state index contributed by atoms with van der Waals surface area (Å²) in [7, 11) is 6.00. The molecular weight excluding hydrogens is 485 g/mol. The van der Waals surface area contributed by atoms with Crippen LogP contribution in [0.3, 0.4) is 0 Å². The van der Waals surface area contributed by atoms with Gasteiger partial charge in [0.15, 0.2) is 6.10 Å². The Morgan fingerprint density at radius 2 is 1.65 bits per heavy atom. The summed E-state index contributed by atoms with van der Waals surface area (Å²) in [6.07, 6.45) is -6.81. The van der Waals surface area contributed by atoms with E-state index in [1.807, 2.05) is 19.1 Å². The number of aliphatic hydroxyl groups excluding tert-OH is 3. The summed E-state index contributed by atoms with van der Waals surface area (Å²) in [5.41, 5.74) is 0.647. The van der Waals surface area contributed by atoms with Gasteiger partial charge in [-0.05, 0) is 36.5 Å². The Morgan fingerprint density at radius 3 is 2.24 bits per heavy atom. The fourth-order valence-electron chi connectivity index (χ4n) is 4.25. The Kier molecular flexibility index (Phi) is 10.8. The van der Waals surface area contributed by atoms with Gasteiger partial charge >= 0.3 is 11.9 Å². The molecule has 0 aromatic heterocycles. The van der Waals surface area contributed by atoms with Crippen LogP contribution in [0.15, 0.2) is 18.2 Å². The van der Waals surface area contributed by atoms with Crippen molar-refractivity contribution < 1.29 is 49.4 Å². The third-order valence-electron chi connectivity index (χ3n) is 6.35. The number of aryl methyl sites for hydroxylation is 2. The maximum atomic E-state index is 12.8. The first-order chi connectivity index (χ1) is 17.3. The van der Waals surface area contributed by atoms with Gasteiger partial charge in [0.05, 0.1) is 18.0 Å². The maximum Gasteiger partial charge on any atom is 0.335 e. The molecule has 0 bridgehead atoms. The van der Waals surface area contributed by atoms with Gasteiger partial charge in [0, 0.05) is 19.3 Å². The molecule has 6 N–H and O–H groups in total. The first-order valence-corrected chi connectivity index (χ1v) is 12.1. The third-order valence-corrected chi connectivity index (χ3v) is 6.35. The van der Waals surface area contributed by atoms with Crippen LogP contribution >= 0.6 is 0 Å². The summed E-state index contributed by atoms with van der Waals surface area (Å²) >= 11 is 0. The monoisotopic (exact) mass is 519 g/mol. The number of aliphatic carboxylic acids is 2. The summed E-state index contributed by atoms with van der Waals surface area (Å²) in [6.45, 7) is 3.34. The number of carboxylic acids is 2. The molecule has 1 aromatic carbocycles. The zero-order valence-electron chi connectivity index (χ0n) is 20.9. The molecular formula is C25H34BNO10. The van der Waals surface area contributed by atoms with Crippen LogP contribution in [0.2, 0.25) is 0 Å². The van der Waals surface area contributed by atoms with E-state index in [0.29, 0.717) is 5.56 Å². The van der Waals surface area contributed by atoms with E-state index in [9.17, 15) is 39.6 Å². The standard InChI is InChI=1S/C25H34BNO10/c1-3-4-13-5-6-15(12-16-20(32)21(33)22(34)23(37-16)24(35)36)14(11-13)7-8-17(28)25(2,26)27-18(29)9-10-19(30)31/h5-6,11,16,20-23,32-34H,3-4,7-10,12H2,1-2H3,(H,27,29)(H,30,31)(H,35,36). The van der Waals surface area contributed by atoms with E-state index < -0.39 is 66.0 Å². The van der Waals surface area contributed by atoms with E-state index in [1.54, 1.807) is 6.07 Å². The predicted molar refractivity (Wildman–Crippen MR) is 131 cm³/mol. The van der Waals surface area contributed by atoms with Gasteiger partial charge in [-0.25, -0.2) is 4.79 Å². The number of carboxylic acid groups (broad SMARTS) is 2. The number of ketones is 1. The number of Topliss-reactive ketones (excluding diaryl/α,β-unsaturated/α-hetero) is 1. The molecule has 37 heavy (non-hydrogen) atoms. The smallest absolute Gasteiger partial charge is 0.335 e. The van der Waals surface area contributed by atoms with E-state index in [2.05, 4.69) is 5.32 Å². The predicted octanol–water partition coefficient (Wildman–Crippen LogP) is -0.516. The maximum absolute atomic E-state index is 12.8. The Morgan fingerprint density at radius 1 is 0.973 bits per heavy atom. The van der Waals surface area contributed by atoms with E-state index in [1.165, 1.54) is 6.92 Å². The van der Waals surface area contributed by atoms with Crippen molar-refractivity contribution in [3.05, 3.63) is 34.9 Å². The summed E-state index contributed by atoms with van der Waals surface area (Å²) < 4.78 is 5.41. The van der Waals surface area contributed by atoms with Gasteiger partial charge in [0.2, 0.25) is 5.91 Å². The number of benzene rings is 1. The molecule has 2 rings (SSSR count). The molecule has 1 saturated heterocycles. The fourth-order valence-corrected chi connectivity index (χ4v) is 4.25. The van der Waals surface area contributed by atoms with Gasteiger partial charge < -0.3 is 35.6 Å². The molecule has 11 nitrogen and oxygen atoms in total.